The number of nitrogens with zero attached hydrogens (tertiary/aromatic N) is 1. The second-order valence-corrected chi connectivity index (χ2v) is 6.09. The molecule has 2 rings (SSSR count). The van der Waals surface area contributed by atoms with Crippen molar-refractivity contribution in [2.75, 3.05) is 13.1 Å². The fourth-order valence-electron chi connectivity index (χ4n) is 2.40. The molecule has 1 saturated heterocycles. The van der Waals surface area contributed by atoms with Gasteiger partial charge in [0.25, 0.3) is 0 Å². The number of hydrogen-bond donors (Lipinski definition) is 1. The topological polar surface area (TPSA) is 15.3 Å². The number of piperazine rings is 1. The molecule has 1 aliphatic rings. The van der Waals surface area contributed by atoms with Crippen LogP contribution in [0.15, 0.2) is 12.1 Å². The molecule has 0 radical (unpaired) electrons. The summed E-state index contributed by atoms with van der Waals surface area (Å²) in [7, 11) is 0. The third-order valence-electron chi connectivity index (χ3n) is 2.95. The minimum atomic E-state index is -4.22. The van der Waals surface area contributed by atoms with Gasteiger partial charge in [0.2, 0.25) is 0 Å². The third-order valence-corrected chi connectivity index (χ3v) is 4.07. The maximum absolute atomic E-state index is 12.5. The predicted molar refractivity (Wildman–Crippen MR) is 73.9 cm³/mol. The molecule has 1 aliphatic heterocycles. The average molecular weight is 315 g/mol. The number of rotatable bonds is 2. The first-order valence-corrected chi connectivity index (χ1v) is 6.80. The van der Waals surface area contributed by atoms with Crippen LogP contribution in [0, 0.1) is 0 Å². The lowest BCUT2D eigenvalue weighted by molar-refractivity contribution is -0.134. The Bertz CT molecular complexity index is 398. The summed E-state index contributed by atoms with van der Waals surface area (Å²) in [5, 5.41) is 3.41. The molecule has 1 fully saturated rings. The number of nitrogens with one attached hydrogen (secondary N) is 1. The normalized spacial score (nSPS) is 25.1. The van der Waals surface area contributed by atoms with Crippen LogP contribution in [0.4, 0.5) is 13.2 Å². The second-order valence-electron chi connectivity index (χ2n) is 4.93. The minimum Gasteiger partial charge on any atom is -0.309 e. The van der Waals surface area contributed by atoms with Crippen molar-refractivity contribution in [1.29, 1.82) is 0 Å². The van der Waals surface area contributed by atoms with Gasteiger partial charge in [-0.15, -0.1) is 23.7 Å². The molecule has 0 bridgehead atoms. The van der Waals surface area contributed by atoms with E-state index in [1.54, 1.807) is 6.07 Å². The van der Waals surface area contributed by atoms with Crippen LogP contribution in [0.1, 0.15) is 23.6 Å². The van der Waals surface area contributed by atoms with E-state index in [1.165, 1.54) is 6.07 Å². The molecule has 1 N–H and O–H groups in total. The van der Waals surface area contributed by atoms with E-state index >= 15 is 0 Å². The summed E-state index contributed by atoms with van der Waals surface area (Å²) in [6.07, 6.45) is -4.22. The highest BCUT2D eigenvalue weighted by molar-refractivity contribution is 7.12. The van der Waals surface area contributed by atoms with Crippen molar-refractivity contribution in [3.05, 3.63) is 21.9 Å². The van der Waals surface area contributed by atoms with Gasteiger partial charge in [-0.05, 0) is 26.0 Å². The third kappa shape index (κ3) is 4.63. The molecular formula is C12H18ClF3N2S. The molecule has 19 heavy (non-hydrogen) atoms. The van der Waals surface area contributed by atoms with Gasteiger partial charge >= 0.3 is 6.18 Å². The Balaban J connectivity index is 0.00000180. The first-order valence-electron chi connectivity index (χ1n) is 5.99. The van der Waals surface area contributed by atoms with E-state index in [1.807, 2.05) is 0 Å². The van der Waals surface area contributed by atoms with E-state index < -0.39 is 11.1 Å². The van der Waals surface area contributed by atoms with Crippen molar-refractivity contribution in [3.8, 4) is 0 Å². The largest absolute Gasteiger partial charge is 0.425 e. The van der Waals surface area contributed by atoms with Gasteiger partial charge in [-0.1, -0.05) is 0 Å². The summed E-state index contributed by atoms with van der Waals surface area (Å²) < 4.78 is 37.5. The molecule has 1 aromatic rings. The molecule has 2 nitrogen and oxygen atoms in total. The molecule has 0 aromatic carbocycles. The van der Waals surface area contributed by atoms with E-state index in [-0.39, 0.29) is 12.4 Å². The van der Waals surface area contributed by atoms with Crippen LogP contribution in [-0.4, -0.2) is 30.1 Å². The van der Waals surface area contributed by atoms with Gasteiger partial charge in [-0.3, -0.25) is 4.90 Å². The molecule has 0 spiro atoms. The van der Waals surface area contributed by atoms with Gasteiger partial charge in [0, 0.05) is 36.6 Å². The maximum Gasteiger partial charge on any atom is 0.425 e. The Morgan fingerprint density at radius 1 is 1.26 bits per heavy atom. The van der Waals surface area contributed by atoms with Crippen molar-refractivity contribution in [2.24, 2.45) is 0 Å². The summed E-state index contributed by atoms with van der Waals surface area (Å²) in [5.74, 6) is 0. The predicted octanol–water partition coefficient (Wildman–Crippen LogP) is 3.37. The number of alkyl halides is 3. The zero-order valence-corrected chi connectivity index (χ0v) is 12.5. The fraction of sp³-hybridized carbons (Fsp3) is 0.667. The van der Waals surface area contributed by atoms with Crippen LogP contribution in [0.5, 0.6) is 0 Å². The molecule has 110 valence electrons. The van der Waals surface area contributed by atoms with Gasteiger partial charge in [-0.2, -0.15) is 13.2 Å². The molecule has 0 saturated carbocycles. The molecule has 2 unspecified atom stereocenters. The lowest BCUT2D eigenvalue weighted by atomic mass is 10.1. The van der Waals surface area contributed by atoms with Crippen LogP contribution in [0.25, 0.3) is 0 Å². The summed E-state index contributed by atoms with van der Waals surface area (Å²) in [4.78, 5) is 2.48. The monoisotopic (exact) mass is 314 g/mol. The Morgan fingerprint density at radius 3 is 2.32 bits per heavy atom. The van der Waals surface area contributed by atoms with Gasteiger partial charge in [0.15, 0.2) is 0 Å². The molecule has 2 atom stereocenters. The Morgan fingerprint density at radius 2 is 1.84 bits per heavy atom. The molecule has 0 aliphatic carbocycles. The van der Waals surface area contributed by atoms with Crippen molar-refractivity contribution < 1.29 is 13.2 Å². The number of hydrogen-bond acceptors (Lipinski definition) is 3. The molecule has 1 aromatic heterocycles. The second kappa shape index (κ2) is 6.43. The van der Waals surface area contributed by atoms with E-state index in [9.17, 15) is 13.2 Å². The first-order chi connectivity index (χ1) is 8.34. The zero-order valence-electron chi connectivity index (χ0n) is 10.8. The van der Waals surface area contributed by atoms with E-state index in [0.717, 1.165) is 29.3 Å². The van der Waals surface area contributed by atoms with Crippen LogP contribution in [-0.2, 0) is 12.7 Å². The van der Waals surface area contributed by atoms with E-state index in [4.69, 9.17) is 0 Å². The lowest BCUT2D eigenvalue weighted by Gasteiger charge is -2.35. The highest BCUT2D eigenvalue weighted by Gasteiger charge is 2.32. The SMILES string of the molecule is CC1CN(Cc2ccc(C(F)(F)F)s2)CC(C)N1.Cl. The van der Waals surface area contributed by atoms with Gasteiger partial charge < -0.3 is 5.32 Å². The zero-order chi connectivity index (χ0) is 13.3. The van der Waals surface area contributed by atoms with E-state index in [0.29, 0.717) is 18.6 Å². The van der Waals surface area contributed by atoms with Crippen LogP contribution < -0.4 is 5.32 Å². The smallest absolute Gasteiger partial charge is 0.309 e. The lowest BCUT2D eigenvalue weighted by Crippen LogP contribution is -2.53. The summed E-state index contributed by atoms with van der Waals surface area (Å²) >= 11 is 0.849. The van der Waals surface area contributed by atoms with Crippen molar-refractivity contribution in [3.63, 3.8) is 0 Å². The standard InChI is InChI=1S/C12H17F3N2S.ClH/c1-8-5-17(6-9(2)16-8)7-10-3-4-11(18-10)12(13,14)15;/h3-4,8-9,16H,5-7H2,1-2H3;1H. The van der Waals surface area contributed by atoms with Crippen LogP contribution in [0.3, 0.4) is 0 Å². The van der Waals surface area contributed by atoms with E-state index in [2.05, 4.69) is 24.1 Å². The van der Waals surface area contributed by atoms with Crippen LogP contribution >= 0.6 is 23.7 Å². The van der Waals surface area contributed by atoms with Crippen LogP contribution in [0.2, 0.25) is 0 Å². The summed E-state index contributed by atoms with van der Waals surface area (Å²) in [6.45, 7) is 6.56. The molecular weight excluding hydrogens is 297 g/mol. The molecule has 2 heterocycles. The number of halogens is 4. The molecule has 0 amide bonds. The molecule has 7 heteroatoms. The average Bonchev–Trinajstić information content (AvgIpc) is 2.63. The summed E-state index contributed by atoms with van der Waals surface area (Å²) in [5.41, 5.74) is 0. The highest BCUT2D eigenvalue weighted by atomic mass is 35.5. The first kappa shape index (κ1) is 16.8. The van der Waals surface area contributed by atoms with Gasteiger partial charge in [0.05, 0.1) is 0 Å². The van der Waals surface area contributed by atoms with Crippen molar-refractivity contribution >= 4 is 23.7 Å². The number of thiophene rings is 1. The fourth-order valence-corrected chi connectivity index (χ4v) is 3.32. The quantitative estimate of drug-likeness (QED) is 0.900. The minimum absolute atomic E-state index is 0. The van der Waals surface area contributed by atoms with Crippen molar-refractivity contribution in [2.45, 2.75) is 38.7 Å². The Labute approximate surface area is 121 Å². The van der Waals surface area contributed by atoms with Crippen molar-refractivity contribution in [1.82, 2.24) is 10.2 Å². The Kier molecular flexibility index (Phi) is 5.67. The maximum atomic E-state index is 12.5. The van der Waals surface area contributed by atoms with Gasteiger partial charge in [-0.25, -0.2) is 0 Å². The highest BCUT2D eigenvalue weighted by Crippen LogP contribution is 2.35. The van der Waals surface area contributed by atoms with Gasteiger partial charge in [0.1, 0.15) is 4.88 Å². The summed E-state index contributed by atoms with van der Waals surface area (Å²) in [6, 6.07) is 3.53. The Hall–Kier alpha value is -0.300.